The minimum atomic E-state index is -3.63. The third kappa shape index (κ3) is 5.84. The number of nitrogens with zero attached hydrogens (tertiary/aromatic N) is 2. The number of morpholine rings is 1. The van der Waals surface area contributed by atoms with E-state index in [1.165, 1.54) is 0 Å². The highest BCUT2D eigenvalue weighted by Crippen LogP contribution is 2.24. The van der Waals surface area contributed by atoms with Crippen LogP contribution in [0.5, 0.6) is 0 Å². The van der Waals surface area contributed by atoms with Gasteiger partial charge in [-0.1, -0.05) is 18.5 Å². The molecular formula is C17H26ClN3O4S. The molecular weight excluding hydrogens is 378 g/mol. The van der Waals surface area contributed by atoms with Gasteiger partial charge in [0.25, 0.3) is 0 Å². The Labute approximate surface area is 160 Å². The first-order chi connectivity index (χ1) is 12.3. The first-order valence-electron chi connectivity index (χ1n) is 8.65. The number of hydrogen-bond donors (Lipinski definition) is 1. The van der Waals surface area contributed by atoms with E-state index < -0.39 is 16.1 Å². The van der Waals surface area contributed by atoms with Gasteiger partial charge in [0.1, 0.15) is 6.04 Å². The average Bonchev–Trinajstić information content (AvgIpc) is 2.60. The molecule has 1 heterocycles. The molecule has 7 nitrogen and oxygen atoms in total. The second-order valence-corrected chi connectivity index (χ2v) is 8.50. The van der Waals surface area contributed by atoms with E-state index in [0.29, 0.717) is 43.4 Å². The van der Waals surface area contributed by atoms with Gasteiger partial charge in [-0.15, -0.1) is 0 Å². The SMILES string of the molecule is CCC(C(=O)NCCN1CCOCC1)N(c1ccc(Cl)cc1)S(C)(=O)=O. The van der Waals surface area contributed by atoms with Gasteiger partial charge >= 0.3 is 0 Å². The topological polar surface area (TPSA) is 79.0 Å². The van der Waals surface area contributed by atoms with Gasteiger partial charge in [-0.2, -0.15) is 0 Å². The summed E-state index contributed by atoms with van der Waals surface area (Å²) in [6, 6.07) is 5.62. The molecule has 0 saturated carbocycles. The Morgan fingerprint density at radius 1 is 1.31 bits per heavy atom. The van der Waals surface area contributed by atoms with Crippen molar-refractivity contribution < 1.29 is 17.9 Å². The van der Waals surface area contributed by atoms with Crippen molar-refractivity contribution in [2.24, 2.45) is 0 Å². The highest BCUT2D eigenvalue weighted by atomic mass is 35.5. The lowest BCUT2D eigenvalue weighted by molar-refractivity contribution is -0.122. The Bertz CT molecular complexity index is 690. The maximum absolute atomic E-state index is 12.7. The molecule has 1 aromatic rings. The van der Waals surface area contributed by atoms with Gasteiger partial charge in [-0.3, -0.25) is 14.0 Å². The second kappa shape index (κ2) is 9.55. The fourth-order valence-electron chi connectivity index (χ4n) is 2.93. The lowest BCUT2D eigenvalue weighted by Gasteiger charge is -2.31. The second-order valence-electron chi connectivity index (χ2n) is 6.20. The molecule has 26 heavy (non-hydrogen) atoms. The summed E-state index contributed by atoms with van der Waals surface area (Å²) >= 11 is 5.89. The first-order valence-corrected chi connectivity index (χ1v) is 10.9. The van der Waals surface area contributed by atoms with Crippen molar-refractivity contribution in [3.63, 3.8) is 0 Å². The molecule has 0 aliphatic carbocycles. The van der Waals surface area contributed by atoms with Crippen molar-refractivity contribution in [3.8, 4) is 0 Å². The van der Waals surface area contributed by atoms with E-state index in [9.17, 15) is 13.2 Å². The molecule has 0 spiro atoms. The van der Waals surface area contributed by atoms with Crippen LogP contribution in [0.1, 0.15) is 13.3 Å². The van der Waals surface area contributed by atoms with Gasteiger partial charge in [0.2, 0.25) is 15.9 Å². The molecule has 1 N–H and O–H groups in total. The predicted octanol–water partition coefficient (Wildman–Crippen LogP) is 1.33. The van der Waals surface area contributed by atoms with Crippen LogP contribution in [0.4, 0.5) is 5.69 Å². The van der Waals surface area contributed by atoms with Crippen LogP contribution in [0.15, 0.2) is 24.3 Å². The summed E-state index contributed by atoms with van der Waals surface area (Å²) in [5, 5.41) is 3.37. The zero-order valence-electron chi connectivity index (χ0n) is 15.2. The predicted molar refractivity (Wildman–Crippen MR) is 103 cm³/mol. The molecule has 9 heteroatoms. The number of rotatable bonds is 8. The Hall–Kier alpha value is -1.35. The number of benzene rings is 1. The van der Waals surface area contributed by atoms with E-state index in [0.717, 1.165) is 23.7 Å². The van der Waals surface area contributed by atoms with Gasteiger partial charge in [0, 0.05) is 31.2 Å². The number of carbonyl (C=O) groups excluding carboxylic acids is 1. The first kappa shape index (κ1) is 21.0. The summed E-state index contributed by atoms with van der Waals surface area (Å²) in [5.74, 6) is -0.305. The van der Waals surface area contributed by atoms with E-state index in [1.807, 2.05) is 0 Å². The number of nitrogens with one attached hydrogen (secondary N) is 1. The van der Waals surface area contributed by atoms with Crippen LogP contribution >= 0.6 is 11.6 Å². The maximum atomic E-state index is 12.7. The fourth-order valence-corrected chi connectivity index (χ4v) is 4.27. The van der Waals surface area contributed by atoms with Gasteiger partial charge < -0.3 is 10.1 Å². The molecule has 0 bridgehead atoms. The number of sulfonamides is 1. The van der Waals surface area contributed by atoms with Crippen LogP contribution in [0.3, 0.4) is 0 Å². The monoisotopic (exact) mass is 403 g/mol. The fraction of sp³-hybridized carbons (Fsp3) is 0.588. The molecule has 146 valence electrons. The molecule has 1 atom stereocenters. The van der Waals surface area contributed by atoms with Crippen LogP contribution in [0.25, 0.3) is 0 Å². The summed E-state index contributed by atoms with van der Waals surface area (Å²) in [5.41, 5.74) is 0.423. The molecule has 0 radical (unpaired) electrons. The normalized spacial score (nSPS) is 16.9. The van der Waals surface area contributed by atoms with Gasteiger partial charge in [0.05, 0.1) is 25.2 Å². The summed E-state index contributed by atoms with van der Waals surface area (Å²) in [6.45, 7) is 6.05. The summed E-state index contributed by atoms with van der Waals surface area (Å²) in [7, 11) is -3.63. The molecule has 2 rings (SSSR count). The lowest BCUT2D eigenvalue weighted by Crippen LogP contribution is -2.50. The molecule has 1 unspecified atom stereocenters. The third-order valence-electron chi connectivity index (χ3n) is 4.24. The summed E-state index contributed by atoms with van der Waals surface area (Å²) in [6.07, 6.45) is 1.46. The van der Waals surface area contributed by atoms with Crippen molar-refractivity contribution in [2.75, 3.05) is 50.0 Å². The minimum absolute atomic E-state index is 0.305. The van der Waals surface area contributed by atoms with E-state index in [-0.39, 0.29) is 5.91 Å². The minimum Gasteiger partial charge on any atom is -0.379 e. The number of anilines is 1. The number of carbonyl (C=O) groups is 1. The molecule has 1 saturated heterocycles. The van der Waals surface area contributed by atoms with E-state index >= 15 is 0 Å². The quantitative estimate of drug-likeness (QED) is 0.708. The van der Waals surface area contributed by atoms with Gasteiger partial charge in [-0.25, -0.2) is 8.42 Å². The average molecular weight is 404 g/mol. The Balaban J connectivity index is 2.06. The summed E-state index contributed by atoms with van der Waals surface area (Å²) < 4.78 is 31.1. The number of amides is 1. The van der Waals surface area contributed by atoms with E-state index in [1.54, 1.807) is 31.2 Å². The van der Waals surface area contributed by atoms with Crippen LogP contribution in [0.2, 0.25) is 5.02 Å². The van der Waals surface area contributed by atoms with Crippen molar-refractivity contribution in [1.82, 2.24) is 10.2 Å². The van der Waals surface area contributed by atoms with Crippen molar-refractivity contribution in [1.29, 1.82) is 0 Å². The Morgan fingerprint density at radius 3 is 2.46 bits per heavy atom. The number of halogens is 1. The number of ether oxygens (including phenoxy) is 1. The smallest absolute Gasteiger partial charge is 0.243 e. The lowest BCUT2D eigenvalue weighted by atomic mass is 10.2. The molecule has 0 aromatic heterocycles. The molecule has 1 amide bonds. The van der Waals surface area contributed by atoms with Gasteiger partial charge in [0.15, 0.2) is 0 Å². The zero-order valence-corrected chi connectivity index (χ0v) is 16.7. The largest absolute Gasteiger partial charge is 0.379 e. The van der Waals surface area contributed by atoms with Crippen LogP contribution < -0.4 is 9.62 Å². The number of hydrogen-bond acceptors (Lipinski definition) is 5. The zero-order chi connectivity index (χ0) is 19.2. The van der Waals surface area contributed by atoms with Crippen LogP contribution in [-0.2, 0) is 19.6 Å². The van der Waals surface area contributed by atoms with E-state index in [2.05, 4.69) is 10.2 Å². The Morgan fingerprint density at radius 2 is 1.92 bits per heavy atom. The molecule has 1 aliphatic heterocycles. The third-order valence-corrected chi connectivity index (χ3v) is 5.67. The highest BCUT2D eigenvalue weighted by molar-refractivity contribution is 7.92. The molecule has 1 aliphatic rings. The van der Waals surface area contributed by atoms with Crippen LogP contribution in [-0.4, -0.2) is 70.9 Å². The summed E-state index contributed by atoms with van der Waals surface area (Å²) in [4.78, 5) is 14.9. The van der Waals surface area contributed by atoms with Crippen molar-refractivity contribution >= 4 is 33.2 Å². The Kier molecular flexibility index (Phi) is 7.69. The van der Waals surface area contributed by atoms with E-state index in [4.69, 9.17) is 16.3 Å². The van der Waals surface area contributed by atoms with Crippen LogP contribution in [0, 0.1) is 0 Å². The van der Waals surface area contributed by atoms with Crippen molar-refractivity contribution in [2.45, 2.75) is 19.4 Å². The maximum Gasteiger partial charge on any atom is 0.243 e. The van der Waals surface area contributed by atoms with Crippen molar-refractivity contribution in [3.05, 3.63) is 29.3 Å². The highest BCUT2D eigenvalue weighted by Gasteiger charge is 2.31. The molecule has 1 fully saturated rings. The van der Waals surface area contributed by atoms with Gasteiger partial charge in [-0.05, 0) is 30.7 Å². The standard InChI is InChI=1S/C17H26ClN3O4S/c1-3-16(17(22)19-8-9-20-10-12-25-13-11-20)21(26(2,23)24)15-6-4-14(18)5-7-15/h4-7,16H,3,8-13H2,1-2H3,(H,19,22). The molecule has 1 aromatic carbocycles.